The summed E-state index contributed by atoms with van der Waals surface area (Å²) in [6.45, 7) is 8.11. The molecule has 0 unspecified atom stereocenters. The Labute approximate surface area is 105 Å². The molecule has 0 saturated carbocycles. The van der Waals surface area contributed by atoms with Gasteiger partial charge in [-0.25, -0.2) is 0 Å². The Bertz CT molecular complexity index is 369. The van der Waals surface area contributed by atoms with Gasteiger partial charge in [-0.15, -0.1) is 0 Å². The highest BCUT2D eigenvalue weighted by atomic mass is 15.1. The van der Waals surface area contributed by atoms with E-state index in [1.165, 1.54) is 43.5 Å². The van der Waals surface area contributed by atoms with Gasteiger partial charge in [0.1, 0.15) is 0 Å². The van der Waals surface area contributed by atoms with Crippen LogP contribution in [0.3, 0.4) is 0 Å². The topological polar surface area (TPSA) is 29.3 Å². The molecular formula is C15H24N2. The van der Waals surface area contributed by atoms with Gasteiger partial charge in [-0.05, 0) is 35.6 Å². The fourth-order valence-corrected chi connectivity index (χ4v) is 2.70. The van der Waals surface area contributed by atoms with Gasteiger partial charge in [-0.3, -0.25) is 4.90 Å². The van der Waals surface area contributed by atoms with Gasteiger partial charge in [-0.1, -0.05) is 32.8 Å². The van der Waals surface area contributed by atoms with E-state index in [0.29, 0.717) is 0 Å². The molecule has 2 N–H and O–H groups in total. The van der Waals surface area contributed by atoms with E-state index in [9.17, 15) is 0 Å². The van der Waals surface area contributed by atoms with Gasteiger partial charge in [0.2, 0.25) is 0 Å². The number of hydrogen-bond donors (Lipinski definition) is 1. The lowest BCUT2D eigenvalue weighted by atomic mass is 9.96. The minimum absolute atomic E-state index is 0.845. The van der Waals surface area contributed by atoms with Crippen molar-refractivity contribution >= 4 is 5.69 Å². The second-order valence-corrected chi connectivity index (χ2v) is 5.20. The SMILES string of the molecule is CCC(CC)CN1CCc2ccc(N)cc2C1. The van der Waals surface area contributed by atoms with Crippen LogP contribution in [0.1, 0.15) is 37.8 Å². The van der Waals surface area contributed by atoms with E-state index in [1.54, 1.807) is 0 Å². The first kappa shape index (κ1) is 12.4. The molecule has 1 aliphatic heterocycles. The third kappa shape index (κ3) is 3.01. The smallest absolute Gasteiger partial charge is 0.0317 e. The lowest BCUT2D eigenvalue weighted by Crippen LogP contribution is -2.34. The number of rotatable bonds is 4. The van der Waals surface area contributed by atoms with Crippen LogP contribution in [-0.2, 0) is 13.0 Å². The molecule has 2 heteroatoms. The lowest BCUT2D eigenvalue weighted by molar-refractivity contribution is 0.207. The summed E-state index contributed by atoms with van der Waals surface area (Å²) in [5.74, 6) is 0.845. The maximum Gasteiger partial charge on any atom is 0.0317 e. The summed E-state index contributed by atoms with van der Waals surface area (Å²) >= 11 is 0. The molecule has 2 rings (SSSR count). The average Bonchev–Trinajstić information content (AvgIpc) is 2.35. The predicted octanol–water partition coefficient (Wildman–Crippen LogP) is 3.06. The molecule has 0 atom stereocenters. The molecule has 2 nitrogen and oxygen atoms in total. The van der Waals surface area contributed by atoms with Crippen molar-refractivity contribution in [2.45, 2.75) is 39.7 Å². The van der Waals surface area contributed by atoms with Crippen molar-refractivity contribution in [3.05, 3.63) is 29.3 Å². The van der Waals surface area contributed by atoms with Crippen molar-refractivity contribution in [1.29, 1.82) is 0 Å². The summed E-state index contributed by atoms with van der Waals surface area (Å²) in [6.07, 6.45) is 3.75. The first-order chi connectivity index (χ1) is 8.22. The second kappa shape index (κ2) is 5.54. The first-order valence-electron chi connectivity index (χ1n) is 6.82. The maximum atomic E-state index is 5.86. The van der Waals surface area contributed by atoms with E-state index in [0.717, 1.165) is 18.2 Å². The fourth-order valence-electron chi connectivity index (χ4n) is 2.70. The zero-order chi connectivity index (χ0) is 12.3. The van der Waals surface area contributed by atoms with Crippen molar-refractivity contribution in [3.8, 4) is 0 Å². The number of benzene rings is 1. The van der Waals surface area contributed by atoms with Gasteiger partial charge < -0.3 is 5.73 Å². The fraction of sp³-hybridized carbons (Fsp3) is 0.600. The standard InChI is InChI=1S/C15H24N2/c1-3-12(4-2)10-17-8-7-13-5-6-15(16)9-14(13)11-17/h5-6,9,12H,3-4,7-8,10-11,16H2,1-2H3. The Morgan fingerprint density at radius 3 is 2.71 bits per heavy atom. The van der Waals surface area contributed by atoms with Crippen LogP contribution >= 0.6 is 0 Å². The highest BCUT2D eigenvalue weighted by molar-refractivity contribution is 5.45. The van der Waals surface area contributed by atoms with Crippen LogP contribution in [0.2, 0.25) is 0 Å². The molecule has 1 heterocycles. The number of nitrogens with zero attached hydrogens (tertiary/aromatic N) is 1. The Morgan fingerprint density at radius 2 is 2.00 bits per heavy atom. The van der Waals surface area contributed by atoms with Crippen molar-refractivity contribution in [2.24, 2.45) is 5.92 Å². The predicted molar refractivity (Wildman–Crippen MR) is 73.9 cm³/mol. The molecule has 94 valence electrons. The zero-order valence-corrected chi connectivity index (χ0v) is 11.1. The van der Waals surface area contributed by atoms with Gasteiger partial charge in [0.25, 0.3) is 0 Å². The average molecular weight is 232 g/mol. The van der Waals surface area contributed by atoms with Gasteiger partial charge in [0.05, 0.1) is 0 Å². The van der Waals surface area contributed by atoms with Crippen LogP contribution in [0.4, 0.5) is 5.69 Å². The van der Waals surface area contributed by atoms with Crippen molar-refractivity contribution in [2.75, 3.05) is 18.8 Å². The molecule has 0 aliphatic carbocycles. The Kier molecular flexibility index (Phi) is 4.06. The molecule has 17 heavy (non-hydrogen) atoms. The zero-order valence-electron chi connectivity index (χ0n) is 11.1. The van der Waals surface area contributed by atoms with E-state index in [4.69, 9.17) is 5.73 Å². The summed E-state index contributed by atoms with van der Waals surface area (Å²) < 4.78 is 0. The molecule has 0 radical (unpaired) electrons. The van der Waals surface area contributed by atoms with Crippen LogP contribution in [0.25, 0.3) is 0 Å². The van der Waals surface area contributed by atoms with E-state index >= 15 is 0 Å². The normalized spacial score (nSPS) is 16.2. The first-order valence-corrected chi connectivity index (χ1v) is 6.82. The maximum absolute atomic E-state index is 5.86. The van der Waals surface area contributed by atoms with Crippen molar-refractivity contribution < 1.29 is 0 Å². The quantitative estimate of drug-likeness (QED) is 0.808. The van der Waals surface area contributed by atoms with Gasteiger partial charge >= 0.3 is 0 Å². The Morgan fingerprint density at radius 1 is 1.24 bits per heavy atom. The summed E-state index contributed by atoms with van der Waals surface area (Å²) in [5.41, 5.74) is 9.68. The van der Waals surface area contributed by atoms with Gasteiger partial charge in [0.15, 0.2) is 0 Å². The molecule has 0 fully saturated rings. The monoisotopic (exact) mass is 232 g/mol. The molecule has 1 aromatic carbocycles. The van der Waals surface area contributed by atoms with Crippen LogP contribution in [0.5, 0.6) is 0 Å². The summed E-state index contributed by atoms with van der Waals surface area (Å²) in [7, 11) is 0. The molecule has 0 bridgehead atoms. The minimum atomic E-state index is 0.845. The molecule has 1 aliphatic rings. The number of nitrogens with two attached hydrogens (primary N) is 1. The molecule has 0 amide bonds. The van der Waals surface area contributed by atoms with Gasteiger partial charge in [-0.2, -0.15) is 0 Å². The Hall–Kier alpha value is -1.02. The molecule has 0 saturated heterocycles. The lowest BCUT2D eigenvalue weighted by Gasteiger charge is -2.31. The number of fused-ring (bicyclic) bond motifs is 1. The van der Waals surface area contributed by atoms with E-state index in [2.05, 4.69) is 30.9 Å². The molecular weight excluding hydrogens is 208 g/mol. The molecule has 0 aromatic heterocycles. The minimum Gasteiger partial charge on any atom is -0.399 e. The largest absolute Gasteiger partial charge is 0.399 e. The third-order valence-electron chi connectivity index (χ3n) is 3.99. The van der Waals surface area contributed by atoms with Gasteiger partial charge in [0, 0.05) is 25.3 Å². The van der Waals surface area contributed by atoms with Crippen molar-refractivity contribution in [3.63, 3.8) is 0 Å². The number of hydrogen-bond acceptors (Lipinski definition) is 2. The van der Waals surface area contributed by atoms with E-state index < -0.39 is 0 Å². The molecule has 1 aromatic rings. The Balaban J connectivity index is 2.02. The second-order valence-electron chi connectivity index (χ2n) is 5.20. The summed E-state index contributed by atoms with van der Waals surface area (Å²) in [6, 6.07) is 6.36. The molecule has 0 spiro atoms. The highest BCUT2D eigenvalue weighted by Crippen LogP contribution is 2.22. The van der Waals surface area contributed by atoms with Crippen LogP contribution in [0.15, 0.2) is 18.2 Å². The van der Waals surface area contributed by atoms with E-state index in [-0.39, 0.29) is 0 Å². The highest BCUT2D eigenvalue weighted by Gasteiger charge is 2.18. The van der Waals surface area contributed by atoms with Crippen molar-refractivity contribution in [1.82, 2.24) is 4.90 Å². The summed E-state index contributed by atoms with van der Waals surface area (Å²) in [5, 5.41) is 0. The summed E-state index contributed by atoms with van der Waals surface area (Å²) in [4.78, 5) is 2.58. The number of anilines is 1. The van der Waals surface area contributed by atoms with Crippen LogP contribution < -0.4 is 5.73 Å². The van der Waals surface area contributed by atoms with E-state index in [1.807, 2.05) is 6.07 Å². The van der Waals surface area contributed by atoms with Crippen LogP contribution in [-0.4, -0.2) is 18.0 Å². The number of nitrogen functional groups attached to an aromatic ring is 1. The third-order valence-corrected chi connectivity index (χ3v) is 3.99. The van der Waals surface area contributed by atoms with Crippen LogP contribution in [0, 0.1) is 5.92 Å².